The van der Waals surface area contributed by atoms with Crippen LogP contribution in [0.3, 0.4) is 0 Å². The number of carboxylic acids is 1. The Balaban J connectivity index is 2.49. The molecule has 84 valence electrons. The zero-order chi connectivity index (χ0) is 11.9. The molecule has 0 spiro atoms. The summed E-state index contributed by atoms with van der Waals surface area (Å²) in [6.45, 7) is 0. The quantitative estimate of drug-likeness (QED) is 0.702. The number of carbonyl (C=O) groups is 2. The second kappa shape index (κ2) is 3.49. The van der Waals surface area contributed by atoms with Gasteiger partial charge in [-0.3, -0.25) is 4.79 Å². The number of likely N-dealkylation sites (N-methyl/N-ethyl adjacent to an activating group) is 1. The largest absolute Gasteiger partial charge is 0.478 e. The van der Waals surface area contributed by atoms with Crippen molar-refractivity contribution in [2.24, 2.45) is 0 Å². The molecule has 1 aliphatic rings. The summed E-state index contributed by atoms with van der Waals surface area (Å²) in [5.74, 6) is -1.51. The Morgan fingerprint density at radius 3 is 2.81 bits per heavy atom. The van der Waals surface area contributed by atoms with Crippen molar-refractivity contribution in [3.8, 4) is 5.75 Å². The van der Waals surface area contributed by atoms with E-state index in [1.54, 1.807) is 0 Å². The molecule has 2 rings (SSSR count). The first-order valence-corrected chi connectivity index (χ1v) is 4.50. The fraction of sp³-hybridized carbons (Fsp3) is 0.200. The SMILES string of the molecule is CN1C(=O)C(O)Oc2cc(C(=O)O)ccc21. The van der Waals surface area contributed by atoms with Crippen molar-refractivity contribution < 1.29 is 24.5 Å². The Bertz CT molecular complexity index is 470. The van der Waals surface area contributed by atoms with Gasteiger partial charge in [0.05, 0.1) is 11.3 Å². The molecule has 1 heterocycles. The van der Waals surface area contributed by atoms with Crippen LogP contribution in [-0.2, 0) is 4.79 Å². The van der Waals surface area contributed by atoms with Crippen LogP contribution < -0.4 is 9.64 Å². The van der Waals surface area contributed by atoms with E-state index >= 15 is 0 Å². The number of fused-ring (bicyclic) bond motifs is 1. The van der Waals surface area contributed by atoms with Crippen LogP contribution in [0.2, 0.25) is 0 Å². The number of hydrogen-bond donors (Lipinski definition) is 2. The Morgan fingerprint density at radius 2 is 2.19 bits per heavy atom. The molecule has 1 amide bonds. The molecule has 16 heavy (non-hydrogen) atoms. The van der Waals surface area contributed by atoms with Gasteiger partial charge < -0.3 is 19.8 Å². The van der Waals surface area contributed by atoms with Crippen LogP contribution in [0.25, 0.3) is 0 Å². The molecule has 2 N–H and O–H groups in total. The van der Waals surface area contributed by atoms with Gasteiger partial charge in [0.2, 0.25) is 0 Å². The molecule has 0 aromatic heterocycles. The van der Waals surface area contributed by atoms with Crippen molar-refractivity contribution in [1.82, 2.24) is 0 Å². The Labute approximate surface area is 90.7 Å². The number of carboxylic acid groups (broad SMARTS) is 1. The number of rotatable bonds is 1. The van der Waals surface area contributed by atoms with E-state index in [2.05, 4.69) is 0 Å². The van der Waals surface area contributed by atoms with E-state index in [1.807, 2.05) is 0 Å². The molecule has 1 aromatic rings. The van der Waals surface area contributed by atoms with Crippen molar-refractivity contribution in [3.63, 3.8) is 0 Å². The van der Waals surface area contributed by atoms with Gasteiger partial charge in [-0.2, -0.15) is 0 Å². The van der Waals surface area contributed by atoms with E-state index in [1.165, 1.54) is 30.1 Å². The highest BCUT2D eigenvalue weighted by Gasteiger charge is 2.30. The summed E-state index contributed by atoms with van der Waals surface area (Å²) in [6.07, 6.45) is -1.58. The van der Waals surface area contributed by atoms with Crippen LogP contribution in [-0.4, -0.2) is 35.4 Å². The molecule has 1 aromatic carbocycles. The molecule has 0 saturated heterocycles. The molecule has 0 saturated carbocycles. The van der Waals surface area contributed by atoms with Crippen LogP contribution in [0.5, 0.6) is 5.75 Å². The molecule has 1 aliphatic heterocycles. The number of hydrogen-bond acceptors (Lipinski definition) is 4. The second-order valence-electron chi connectivity index (χ2n) is 3.36. The second-order valence-corrected chi connectivity index (χ2v) is 3.36. The summed E-state index contributed by atoms with van der Waals surface area (Å²) in [5.41, 5.74) is 0.467. The van der Waals surface area contributed by atoms with Crippen LogP contribution >= 0.6 is 0 Å². The van der Waals surface area contributed by atoms with E-state index in [4.69, 9.17) is 9.84 Å². The fourth-order valence-corrected chi connectivity index (χ4v) is 1.47. The van der Waals surface area contributed by atoms with E-state index in [-0.39, 0.29) is 11.3 Å². The zero-order valence-corrected chi connectivity index (χ0v) is 8.38. The lowest BCUT2D eigenvalue weighted by Gasteiger charge is -2.29. The van der Waals surface area contributed by atoms with E-state index in [9.17, 15) is 14.7 Å². The predicted molar refractivity (Wildman–Crippen MR) is 53.4 cm³/mol. The minimum absolute atomic E-state index is 0.0358. The maximum Gasteiger partial charge on any atom is 0.335 e. The van der Waals surface area contributed by atoms with Gasteiger partial charge in [0.25, 0.3) is 12.2 Å². The third-order valence-electron chi connectivity index (χ3n) is 2.35. The molecule has 6 heteroatoms. The number of nitrogens with zero attached hydrogens (tertiary/aromatic N) is 1. The number of aromatic carboxylic acids is 1. The molecule has 6 nitrogen and oxygen atoms in total. The Morgan fingerprint density at radius 1 is 1.50 bits per heavy atom. The predicted octanol–water partition coefficient (Wildman–Crippen LogP) is 0.0584. The van der Waals surface area contributed by atoms with Crippen LogP contribution in [0.15, 0.2) is 18.2 Å². The summed E-state index contributed by atoms with van der Waals surface area (Å²) in [7, 11) is 1.48. The smallest absolute Gasteiger partial charge is 0.335 e. The number of anilines is 1. The lowest BCUT2D eigenvalue weighted by molar-refractivity contribution is -0.141. The molecular weight excluding hydrogens is 214 g/mol. The molecule has 1 unspecified atom stereocenters. The van der Waals surface area contributed by atoms with Crippen molar-refractivity contribution in [2.75, 3.05) is 11.9 Å². The first kappa shape index (κ1) is 10.4. The first-order chi connectivity index (χ1) is 7.50. The van der Waals surface area contributed by atoms with Gasteiger partial charge in [0.1, 0.15) is 5.75 Å². The lowest BCUT2D eigenvalue weighted by atomic mass is 10.1. The van der Waals surface area contributed by atoms with Gasteiger partial charge in [0, 0.05) is 7.05 Å². The molecule has 0 fully saturated rings. The zero-order valence-electron chi connectivity index (χ0n) is 8.38. The summed E-state index contributed by atoms with van der Waals surface area (Å²) < 4.78 is 4.91. The highest BCUT2D eigenvalue weighted by Crippen LogP contribution is 2.33. The van der Waals surface area contributed by atoms with Gasteiger partial charge in [-0.1, -0.05) is 0 Å². The number of carbonyl (C=O) groups excluding carboxylic acids is 1. The molecule has 0 radical (unpaired) electrons. The summed E-state index contributed by atoms with van der Waals surface area (Å²) in [6, 6.07) is 4.10. The first-order valence-electron chi connectivity index (χ1n) is 4.50. The summed E-state index contributed by atoms with van der Waals surface area (Å²) in [5, 5.41) is 18.0. The maximum atomic E-state index is 11.3. The van der Waals surface area contributed by atoms with E-state index < -0.39 is 18.2 Å². The van der Waals surface area contributed by atoms with Crippen LogP contribution in [0.4, 0.5) is 5.69 Å². The maximum absolute atomic E-state index is 11.3. The average Bonchev–Trinajstić information content (AvgIpc) is 2.25. The van der Waals surface area contributed by atoms with Crippen LogP contribution in [0.1, 0.15) is 10.4 Å². The van der Waals surface area contributed by atoms with Crippen molar-refractivity contribution in [1.29, 1.82) is 0 Å². The molecule has 0 aliphatic carbocycles. The third kappa shape index (κ3) is 1.49. The highest BCUT2D eigenvalue weighted by molar-refractivity contribution is 5.99. The van der Waals surface area contributed by atoms with Gasteiger partial charge in [-0.15, -0.1) is 0 Å². The normalized spacial score (nSPS) is 19.0. The number of benzene rings is 1. The van der Waals surface area contributed by atoms with Gasteiger partial charge >= 0.3 is 5.97 Å². The summed E-state index contributed by atoms with van der Waals surface area (Å²) in [4.78, 5) is 23.3. The third-order valence-corrected chi connectivity index (χ3v) is 2.35. The lowest BCUT2D eigenvalue weighted by Crippen LogP contribution is -2.43. The van der Waals surface area contributed by atoms with Gasteiger partial charge in [-0.05, 0) is 18.2 Å². The van der Waals surface area contributed by atoms with Gasteiger partial charge in [0.15, 0.2) is 0 Å². The minimum Gasteiger partial charge on any atom is -0.478 e. The Hall–Kier alpha value is -2.08. The number of aliphatic hydroxyl groups excluding tert-OH is 1. The van der Waals surface area contributed by atoms with Crippen molar-refractivity contribution in [3.05, 3.63) is 23.8 Å². The Kier molecular flexibility index (Phi) is 2.28. The number of ether oxygens (including phenoxy) is 1. The molecule has 0 bridgehead atoms. The number of amides is 1. The number of aliphatic hydroxyl groups is 1. The minimum atomic E-state index is -1.58. The summed E-state index contributed by atoms with van der Waals surface area (Å²) >= 11 is 0. The van der Waals surface area contributed by atoms with Crippen LogP contribution in [0, 0.1) is 0 Å². The topological polar surface area (TPSA) is 87.1 Å². The standard InChI is InChI=1S/C10H9NO5/c1-11-6-3-2-5(9(13)14)4-7(6)16-10(15)8(11)12/h2-4,10,15H,1H3,(H,13,14). The average molecular weight is 223 g/mol. The molecule has 1 atom stereocenters. The fourth-order valence-electron chi connectivity index (χ4n) is 1.47. The van der Waals surface area contributed by atoms with Crippen molar-refractivity contribution in [2.45, 2.75) is 6.29 Å². The van der Waals surface area contributed by atoms with E-state index in [0.29, 0.717) is 5.69 Å². The monoisotopic (exact) mass is 223 g/mol. The highest BCUT2D eigenvalue weighted by atomic mass is 16.6. The van der Waals surface area contributed by atoms with Gasteiger partial charge in [-0.25, -0.2) is 4.79 Å². The van der Waals surface area contributed by atoms with E-state index in [0.717, 1.165) is 0 Å². The van der Waals surface area contributed by atoms with Crippen molar-refractivity contribution >= 4 is 17.6 Å². The molecular formula is C10H9NO5.